The molecular formula is C13H16BrN3O2. The lowest BCUT2D eigenvalue weighted by molar-refractivity contribution is -0.115. The summed E-state index contributed by atoms with van der Waals surface area (Å²) in [5.41, 5.74) is 1.71. The van der Waals surface area contributed by atoms with E-state index in [0.717, 1.165) is 28.6 Å². The van der Waals surface area contributed by atoms with Crippen LogP contribution in [0.1, 0.15) is 18.4 Å². The molecule has 5 nitrogen and oxygen atoms in total. The minimum Gasteiger partial charge on any atom is -0.335 e. The summed E-state index contributed by atoms with van der Waals surface area (Å²) in [6.07, 6.45) is 2.05. The molecule has 0 spiro atoms. The van der Waals surface area contributed by atoms with Crippen molar-refractivity contribution in [2.75, 3.05) is 11.9 Å². The molecule has 1 aromatic carbocycles. The number of halogens is 1. The molecule has 0 unspecified atom stereocenters. The molecule has 1 aromatic rings. The molecule has 6 heteroatoms. The maximum Gasteiger partial charge on any atom is 0.315 e. The van der Waals surface area contributed by atoms with E-state index in [2.05, 4.69) is 31.9 Å². The molecular weight excluding hydrogens is 310 g/mol. The van der Waals surface area contributed by atoms with Gasteiger partial charge in [-0.25, -0.2) is 4.79 Å². The third kappa shape index (κ3) is 4.55. The highest BCUT2D eigenvalue weighted by Gasteiger charge is 2.23. The fraction of sp³-hybridized carbons (Fsp3) is 0.385. The summed E-state index contributed by atoms with van der Waals surface area (Å²) in [5.74, 6) is -0.239. The van der Waals surface area contributed by atoms with Crippen molar-refractivity contribution in [3.8, 4) is 0 Å². The van der Waals surface area contributed by atoms with Crippen LogP contribution in [0.4, 0.5) is 10.5 Å². The van der Waals surface area contributed by atoms with Gasteiger partial charge in [-0.1, -0.05) is 15.9 Å². The van der Waals surface area contributed by atoms with Gasteiger partial charge >= 0.3 is 6.03 Å². The van der Waals surface area contributed by atoms with Gasteiger partial charge < -0.3 is 16.0 Å². The van der Waals surface area contributed by atoms with E-state index in [1.165, 1.54) is 0 Å². The van der Waals surface area contributed by atoms with Crippen molar-refractivity contribution in [3.05, 3.63) is 28.2 Å². The van der Waals surface area contributed by atoms with Crippen LogP contribution in [0.5, 0.6) is 0 Å². The maximum atomic E-state index is 11.7. The quantitative estimate of drug-likeness (QED) is 0.793. The highest BCUT2D eigenvalue weighted by atomic mass is 79.9. The molecule has 0 aromatic heterocycles. The average molecular weight is 326 g/mol. The van der Waals surface area contributed by atoms with Crippen molar-refractivity contribution in [1.82, 2.24) is 10.6 Å². The summed E-state index contributed by atoms with van der Waals surface area (Å²) in [5, 5.41) is 8.05. The number of nitrogens with one attached hydrogen (secondary N) is 3. The SMILES string of the molecule is Cc1cc(Br)ccc1NC(=O)CNC(=O)NC1CC1. The van der Waals surface area contributed by atoms with Gasteiger partial charge in [-0.15, -0.1) is 0 Å². The van der Waals surface area contributed by atoms with Crippen LogP contribution in [-0.4, -0.2) is 24.5 Å². The molecule has 1 aliphatic rings. The molecule has 1 aliphatic carbocycles. The zero-order chi connectivity index (χ0) is 13.8. The van der Waals surface area contributed by atoms with Gasteiger partial charge in [0, 0.05) is 16.2 Å². The van der Waals surface area contributed by atoms with E-state index >= 15 is 0 Å². The number of carbonyl (C=O) groups excluding carboxylic acids is 2. The molecule has 0 heterocycles. The molecule has 3 N–H and O–H groups in total. The first-order valence-electron chi connectivity index (χ1n) is 6.15. The van der Waals surface area contributed by atoms with Crippen molar-refractivity contribution in [2.24, 2.45) is 0 Å². The summed E-state index contributed by atoms with van der Waals surface area (Å²) >= 11 is 3.36. The Morgan fingerprint density at radius 3 is 2.74 bits per heavy atom. The van der Waals surface area contributed by atoms with E-state index in [4.69, 9.17) is 0 Å². The lowest BCUT2D eigenvalue weighted by atomic mass is 10.2. The smallest absolute Gasteiger partial charge is 0.315 e. The average Bonchev–Trinajstić information content (AvgIpc) is 3.14. The number of aryl methyl sites for hydroxylation is 1. The Morgan fingerprint density at radius 1 is 1.37 bits per heavy atom. The lowest BCUT2D eigenvalue weighted by Gasteiger charge is -2.10. The minimum atomic E-state index is -0.287. The summed E-state index contributed by atoms with van der Waals surface area (Å²) in [7, 11) is 0. The number of benzene rings is 1. The summed E-state index contributed by atoms with van der Waals surface area (Å²) < 4.78 is 0.963. The number of urea groups is 1. The predicted octanol–water partition coefficient (Wildman–Crippen LogP) is 2.16. The Bertz CT molecular complexity index is 501. The number of carbonyl (C=O) groups is 2. The normalized spacial score (nSPS) is 13.8. The molecule has 3 amide bonds. The van der Waals surface area contributed by atoms with Crippen LogP contribution < -0.4 is 16.0 Å². The first-order valence-corrected chi connectivity index (χ1v) is 6.94. The third-order valence-electron chi connectivity index (χ3n) is 2.78. The summed E-state index contributed by atoms with van der Waals surface area (Å²) in [6.45, 7) is 1.88. The van der Waals surface area contributed by atoms with Crippen LogP contribution in [0.15, 0.2) is 22.7 Å². The topological polar surface area (TPSA) is 70.2 Å². The molecule has 0 aliphatic heterocycles. The zero-order valence-electron chi connectivity index (χ0n) is 10.6. The fourth-order valence-corrected chi connectivity index (χ4v) is 2.06. The molecule has 0 bridgehead atoms. The Balaban J connectivity index is 1.78. The molecule has 0 atom stereocenters. The van der Waals surface area contributed by atoms with E-state index in [-0.39, 0.29) is 24.5 Å². The van der Waals surface area contributed by atoms with E-state index in [0.29, 0.717) is 0 Å². The van der Waals surface area contributed by atoms with Gasteiger partial charge in [0.25, 0.3) is 0 Å². The van der Waals surface area contributed by atoms with Crippen LogP contribution >= 0.6 is 15.9 Å². The monoisotopic (exact) mass is 325 g/mol. The van der Waals surface area contributed by atoms with Crippen LogP contribution in [-0.2, 0) is 4.79 Å². The van der Waals surface area contributed by atoms with E-state index < -0.39 is 0 Å². The summed E-state index contributed by atoms with van der Waals surface area (Å²) in [6, 6.07) is 5.60. The first-order chi connectivity index (χ1) is 9.04. The van der Waals surface area contributed by atoms with Gasteiger partial charge in [-0.3, -0.25) is 4.79 Å². The van der Waals surface area contributed by atoms with Crippen molar-refractivity contribution >= 4 is 33.6 Å². The largest absolute Gasteiger partial charge is 0.335 e. The van der Waals surface area contributed by atoms with E-state index in [9.17, 15) is 9.59 Å². The molecule has 0 saturated heterocycles. The van der Waals surface area contributed by atoms with Crippen LogP contribution in [0.3, 0.4) is 0 Å². The molecule has 1 saturated carbocycles. The zero-order valence-corrected chi connectivity index (χ0v) is 12.2. The standard InChI is InChI=1S/C13H16BrN3O2/c1-8-6-9(14)2-5-11(8)17-12(18)7-15-13(19)16-10-3-4-10/h2,5-6,10H,3-4,7H2,1H3,(H,17,18)(H2,15,16,19). The Kier molecular flexibility index (Phi) is 4.42. The highest BCUT2D eigenvalue weighted by Crippen LogP contribution is 2.20. The molecule has 102 valence electrons. The van der Waals surface area contributed by atoms with Crippen molar-refractivity contribution < 1.29 is 9.59 Å². The Morgan fingerprint density at radius 2 is 2.11 bits per heavy atom. The third-order valence-corrected chi connectivity index (χ3v) is 3.28. The fourth-order valence-electron chi connectivity index (χ4n) is 1.59. The van der Waals surface area contributed by atoms with E-state index in [1.807, 2.05) is 25.1 Å². The molecule has 0 radical (unpaired) electrons. The van der Waals surface area contributed by atoms with Crippen molar-refractivity contribution in [1.29, 1.82) is 0 Å². The van der Waals surface area contributed by atoms with Crippen molar-refractivity contribution in [3.63, 3.8) is 0 Å². The van der Waals surface area contributed by atoms with Gasteiger partial charge in [0.2, 0.25) is 5.91 Å². The molecule has 2 rings (SSSR count). The van der Waals surface area contributed by atoms with Gasteiger partial charge in [0.05, 0.1) is 6.54 Å². The number of rotatable bonds is 4. The summed E-state index contributed by atoms with van der Waals surface area (Å²) in [4.78, 5) is 23.0. The van der Waals surface area contributed by atoms with Gasteiger partial charge in [0.15, 0.2) is 0 Å². The predicted molar refractivity (Wildman–Crippen MR) is 77.1 cm³/mol. The van der Waals surface area contributed by atoms with Crippen LogP contribution in [0.2, 0.25) is 0 Å². The van der Waals surface area contributed by atoms with Gasteiger partial charge in [-0.05, 0) is 43.5 Å². The Labute approximate surface area is 120 Å². The van der Waals surface area contributed by atoms with Crippen LogP contribution in [0.25, 0.3) is 0 Å². The van der Waals surface area contributed by atoms with E-state index in [1.54, 1.807) is 0 Å². The van der Waals surface area contributed by atoms with Gasteiger partial charge in [0.1, 0.15) is 0 Å². The molecule has 19 heavy (non-hydrogen) atoms. The second kappa shape index (κ2) is 6.06. The number of amides is 3. The van der Waals surface area contributed by atoms with Crippen molar-refractivity contribution in [2.45, 2.75) is 25.8 Å². The highest BCUT2D eigenvalue weighted by molar-refractivity contribution is 9.10. The minimum absolute atomic E-state index is 0.0337. The van der Waals surface area contributed by atoms with Crippen LogP contribution in [0, 0.1) is 6.92 Å². The number of hydrogen-bond donors (Lipinski definition) is 3. The lowest BCUT2D eigenvalue weighted by Crippen LogP contribution is -2.40. The maximum absolute atomic E-state index is 11.7. The Hall–Kier alpha value is -1.56. The first kappa shape index (κ1) is 13.9. The number of anilines is 1. The second-order valence-electron chi connectivity index (χ2n) is 4.61. The second-order valence-corrected chi connectivity index (χ2v) is 5.52. The number of hydrogen-bond acceptors (Lipinski definition) is 2. The van der Waals surface area contributed by atoms with Gasteiger partial charge in [-0.2, -0.15) is 0 Å². The molecule has 1 fully saturated rings.